The number of nitrogens with two attached hydrogens (primary N) is 1. The summed E-state index contributed by atoms with van der Waals surface area (Å²) >= 11 is 0. The Morgan fingerprint density at radius 2 is 1.82 bits per heavy atom. The van der Waals surface area contributed by atoms with E-state index in [1.165, 1.54) is 0 Å². The molecule has 2 aliphatic rings. The molecule has 0 unspecified atom stereocenters. The van der Waals surface area contributed by atoms with Crippen molar-refractivity contribution < 1.29 is 19.1 Å². The Morgan fingerprint density at radius 1 is 1.14 bits per heavy atom. The summed E-state index contributed by atoms with van der Waals surface area (Å²) in [4.78, 5) is 25.3. The van der Waals surface area contributed by atoms with E-state index in [1.54, 1.807) is 18.2 Å². The summed E-state index contributed by atoms with van der Waals surface area (Å²) in [6.07, 6.45) is 2.05. The molecule has 118 valence electrons. The van der Waals surface area contributed by atoms with Gasteiger partial charge in [-0.25, -0.2) is 0 Å². The highest BCUT2D eigenvalue weighted by molar-refractivity contribution is 5.95. The predicted octanol–water partition coefficient (Wildman–Crippen LogP) is 1.19. The maximum absolute atomic E-state index is 12.6. The van der Waals surface area contributed by atoms with Crippen molar-refractivity contribution in [3.8, 4) is 11.5 Å². The van der Waals surface area contributed by atoms with E-state index in [4.69, 9.17) is 15.2 Å². The number of carbonyl (C=O) groups excluding carboxylic acids is 2. The minimum absolute atomic E-state index is 0.00509. The lowest BCUT2D eigenvalue weighted by atomic mass is 9.93. The number of hydrogen-bond donors (Lipinski definition) is 1. The zero-order valence-electron chi connectivity index (χ0n) is 12.4. The maximum atomic E-state index is 12.6. The molecule has 1 aromatic carbocycles. The number of ether oxygens (including phenoxy) is 2. The monoisotopic (exact) mass is 304 g/mol. The van der Waals surface area contributed by atoms with Crippen LogP contribution in [-0.4, -0.2) is 43.0 Å². The number of hydrogen-bond acceptors (Lipinski definition) is 4. The predicted molar refractivity (Wildman–Crippen MR) is 79.9 cm³/mol. The molecule has 22 heavy (non-hydrogen) atoms. The standard InChI is InChI=1S/C16H20N2O4/c17-15(19)9-11-3-5-18(6-4-11)16(20)12-1-2-13-14(10-12)22-8-7-21-13/h1-2,10-11H,3-9H2,(H2,17,19). The van der Waals surface area contributed by atoms with Crippen LogP contribution in [0.5, 0.6) is 11.5 Å². The summed E-state index contributed by atoms with van der Waals surface area (Å²) in [6, 6.07) is 5.29. The van der Waals surface area contributed by atoms with Crippen LogP contribution in [0.4, 0.5) is 0 Å². The fraction of sp³-hybridized carbons (Fsp3) is 0.500. The van der Waals surface area contributed by atoms with Crippen LogP contribution >= 0.6 is 0 Å². The number of amides is 2. The molecule has 2 heterocycles. The average molecular weight is 304 g/mol. The quantitative estimate of drug-likeness (QED) is 0.909. The minimum atomic E-state index is -0.267. The van der Waals surface area contributed by atoms with Gasteiger partial charge in [0.1, 0.15) is 13.2 Å². The molecule has 0 aliphatic carbocycles. The lowest BCUT2D eigenvalue weighted by Crippen LogP contribution is -2.39. The number of likely N-dealkylation sites (tertiary alicyclic amines) is 1. The van der Waals surface area contributed by atoms with Gasteiger partial charge in [-0.3, -0.25) is 9.59 Å². The molecule has 0 bridgehead atoms. The fourth-order valence-corrected chi connectivity index (χ4v) is 2.98. The van der Waals surface area contributed by atoms with Crippen molar-refractivity contribution in [3.63, 3.8) is 0 Å². The Bertz CT molecular complexity index is 580. The van der Waals surface area contributed by atoms with E-state index in [9.17, 15) is 9.59 Å². The van der Waals surface area contributed by atoms with Crippen molar-refractivity contribution in [2.24, 2.45) is 11.7 Å². The van der Waals surface area contributed by atoms with Gasteiger partial charge in [0.15, 0.2) is 11.5 Å². The summed E-state index contributed by atoms with van der Waals surface area (Å²) in [5, 5.41) is 0. The van der Waals surface area contributed by atoms with Crippen LogP contribution in [0.3, 0.4) is 0 Å². The number of rotatable bonds is 3. The molecule has 1 saturated heterocycles. The zero-order valence-corrected chi connectivity index (χ0v) is 12.4. The highest BCUT2D eigenvalue weighted by atomic mass is 16.6. The molecule has 0 radical (unpaired) electrons. The number of fused-ring (bicyclic) bond motifs is 1. The largest absolute Gasteiger partial charge is 0.486 e. The molecule has 1 aromatic rings. The highest BCUT2D eigenvalue weighted by Crippen LogP contribution is 2.31. The van der Waals surface area contributed by atoms with Crippen LogP contribution < -0.4 is 15.2 Å². The van der Waals surface area contributed by atoms with E-state index in [-0.39, 0.29) is 11.8 Å². The molecule has 6 heteroatoms. The van der Waals surface area contributed by atoms with Gasteiger partial charge in [0.05, 0.1) is 0 Å². The lowest BCUT2D eigenvalue weighted by molar-refractivity contribution is -0.119. The van der Waals surface area contributed by atoms with Crippen molar-refractivity contribution in [2.75, 3.05) is 26.3 Å². The average Bonchev–Trinajstić information content (AvgIpc) is 2.54. The number of piperidine rings is 1. The third-order valence-corrected chi connectivity index (χ3v) is 4.18. The van der Waals surface area contributed by atoms with Gasteiger partial charge in [-0.1, -0.05) is 0 Å². The van der Waals surface area contributed by atoms with Crippen LogP contribution in [0, 0.1) is 5.92 Å². The van der Waals surface area contributed by atoms with E-state index >= 15 is 0 Å². The lowest BCUT2D eigenvalue weighted by Gasteiger charge is -2.31. The van der Waals surface area contributed by atoms with Gasteiger partial charge < -0.3 is 20.1 Å². The Morgan fingerprint density at radius 3 is 2.50 bits per heavy atom. The molecule has 0 saturated carbocycles. The first-order valence-corrected chi connectivity index (χ1v) is 7.60. The zero-order chi connectivity index (χ0) is 15.5. The number of carbonyl (C=O) groups is 2. The van der Waals surface area contributed by atoms with Gasteiger partial charge in [-0.2, -0.15) is 0 Å². The Balaban J connectivity index is 1.64. The second kappa shape index (κ2) is 6.25. The van der Waals surface area contributed by atoms with Gasteiger partial charge in [-0.05, 0) is 37.0 Å². The molecule has 6 nitrogen and oxygen atoms in total. The summed E-state index contributed by atoms with van der Waals surface area (Å²) in [7, 11) is 0. The molecule has 0 aromatic heterocycles. The van der Waals surface area contributed by atoms with Crippen molar-refractivity contribution in [1.82, 2.24) is 4.90 Å². The SMILES string of the molecule is NC(=O)CC1CCN(C(=O)c2ccc3c(c2)OCCO3)CC1. The molecular formula is C16H20N2O4. The molecule has 1 fully saturated rings. The van der Waals surface area contributed by atoms with Crippen molar-refractivity contribution >= 4 is 11.8 Å². The van der Waals surface area contributed by atoms with E-state index in [0.29, 0.717) is 55.7 Å². The van der Waals surface area contributed by atoms with Crippen LogP contribution in [0.2, 0.25) is 0 Å². The van der Waals surface area contributed by atoms with E-state index in [1.807, 2.05) is 4.90 Å². The fourth-order valence-electron chi connectivity index (χ4n) is 2.98. The van der Waals surface area contributed by atoms with Gasteiger partial charge >= 0.3 is 0 Å². The van der Waals surface area contributed by atoms with Crippen molar-refractivity contribution in [3.05, 3.63) is 23.8 Å². The highest BCUT2D eigenvalue weighted by Gasteiger charge is 2.25. The molecular weight excluding hydrogens is 284 g/mol. The van der Waals surface area contributed by atoms with E-state index < -0.39 is 0 Å². The van der Waals surface area contributed by atoms with Crippen molar-refractivity contribution in [2.45, 2.75) is 19.3 Å². The van der Waals surface area contributed by atoms with Gasteiger partial charge in [0.25, 0.3) is 5.91 Å². The number of nitrogens with zero attached hydrogens (tertiary/aromatic N) is 1. The van der Waals surface area contributed by atoms with E-state index in [2.05, 4.69) is 0 Å². The Hall–Kier alpha value is -2.24. The topological polar surface area (TPSA) is 81.9 Å². The minimum Gasteiger partial charge on any atom is -0.486 e. The van der Waals surface area contributed by atoms with E-state index in [0.717, 1.165) is 12.8 Å². The second-order valence-corrected chi connectivity index (χ2v) is 5.76. The normalized spacial score (nSPS) is 18.1. The Labute approximate surface area is 129 Å². The molecule has 2 aliphatic heterocycles. The number of benzene rings is 1. The summed E-state index contributed by atoms with van der Waals surface area (Å²) in [5.41, 5.74) is 5.84. The van der Waals surface area contributed by atoms with Crippen LogP contribution in [0.1, 0.15) is 29.6 Å². The first kappa shape index (κ1) is 14.7. The summed E-state index contributed by atoms with van der Waals surface area (Å²) in [5.74, 6) is 1.33. The van der Waals surface area contributed by atoms with Crippen LogP contribution in [-0.2, 0) is 4.79 Å². The van der Waals surface area contributed by atoms with Crippen molar-refractivity contribution in [1.29, 1.82) is 0 Å². The van der Waals surface area contributed by atoms with Gasteiger partial charge in [0, 0.05) is 25.1 Å². The Kier molecular flexibility index (Phi) is 4.18. The second-order valence-electron chi connectivity index (χ2n) is 5.76. The third-order valence-electron chi connectivity index (χ3n) is 4.18. The molecule has 0 spiro atoms. The maximum Gasteiger partial charge on any atom is 0.253 e. The molecule has 2 N–H and O–H groups in total. The molecule has 0 atom stereocenters. The smallest absolute Gasteiger partial charge is 0.253 e. The van der Waals surface area contributed by atoms with Gasteiger partial charge in [0.2, 0.25) is 5.91 Å². The molecule has 3 rings (SSSR count). The van der Waals surface area contributed by atoms with Gasteiger partial charge in [-0.15, -0.1) is 0 Å². The van der Waals surface area contributed by atoms with Crippen LogP contribution in [0.15, 0.2) is 18.2 Å². The molecule has 2 amide bonds. The first-order chi connectivity index (χ1) is 10.6. The summed E-state index contributed by atoms with van der Waals surface area (Å²) in [6.45, 7) is 2.35. The number of primary amides is 1. The summed E-state index contributed by atoms with van der Waals surface area (Å²) < 4.78 is 11.0. The third kappa shape index (κ3) is 3.16. The first-order valence-electron chi connectivity index (χ1n) is 7.60. The van der Waals surface area contributed by atoms with Crippen LogP contribution in [0.25, 0.3) is 0 Å².